The van der Waals surface area contributed by atoms with Crippen LogP contribution in [0.15, 0.2) is 9.59 Å². The van der Waals surface area contributed by atoms with Crippen molar-refractivity contribution in [1.29, 1.82) is 0 Å². The smallest absolute Gasteiger partial charge is 0.390 e. The number of aromatic nitrogens is 2. The third-order valence-electron chi connectivity index (χ3n) is 3.64. The molecule has 0 amide bonds. The van der Waals surface area contributed by atoms with Crippen molar-refractivity contribution in [3.8, 4) is 0 Å². The average Bonchev–Trinajstić information content (AvgIpc) is 2.86. The lowest BCUT2D eigenvalue weighted by Gasteiger charge is -2.12. The van der Waals surface area contributed by atoms with E-state index < -0.39 is 36.4 Å². The molecule has 0 radical (unpaired) electrons. The molecule has 0 saturated carbocycles. The molecule has 1 N–H and O–H groups in total. The molecule has 132 valence electrons. The number of hydrogen-bond donors (Lipinski definition) is 1. The van der Waals surface area contributed by atoms with Gasteiger partial charge >= 0.3 is 17.8 Å². The summed E-state index contributed by atoms with van der Waals surface area (Å²) < 4.78 is 39.3. The summed E-state index contributed by atoms with van der Waals surface area (Å²) in [6.07, 6.45) is -5.50. The van der Waals surface area contributed by atoms with Gasteiger partial charge in [0.15, 0.2) is 0 Å². The molecule has 2 rings (SSSR count). The summed E-state index contributed by atoms with van der Waals surface area (Å²) in [4.78, 5) is 36.1. The van der Waals surface area contributed by atoms with Gasteiger partial charge in [-0.1, -0.05) is 6.92 Å². The first-order chi connectivity index (χ1) is 11.1. The molecule has 0 aliphatic carbocycles. The van der Waals surface area contributed by atoms with E-state index >= 15 is 0 Å². The van der Waals surface area contributed by atoms with E-state index in [-0.39, 0.29) is 33.6 Å². The van der Waals surface area contributed by atoms with Gasteiger partial charge in [-0.3, -0.25) is 13.9 Å². The fourth-order valence-electron chi connectivity index (χ4n) is 2.54. The fourth-order valence-corrected chi connectivity index (χ4v) is 3.78. The first kappa shape index (κ1) is 18.2. The number of alkyl halides is 3. The second-order valence-electron chi connectivity index (χ2n) is 5.10. The van der Waals surface area contributed by atoms with Crippen molar-refractivity contribution in [2.24, 2.45) is 0 Å². The Hall–Kier alpha value is -2.10. The second-order valence-corrected chi connectivity index (χ2v) is 6.10. The maximum atomic E-state index is 12.5. The highest BCUT2D eigenvalue weighted by Gasteiger charge is 2.29. The number of fused-ring (bicyclic) bond motifs is 1. The third kappa shape index (κ3) is 3.10. The molecule has 0 unspecified atom stereocenters. The molecule has 2 heterocycles. The van der Waals surface area contributed by atoms with Crippen molar-refractivity contribution in [1.82, 2.24) is 9.13 Å². The predicted molar refractivity (Wildman–Crippen MR) is 83.0 cm³/mol. The summed E-state index contributed by atoms with van der Waals surface area (Å²) in [6.45, 7) is 2.50. The Balaban J connectivity index is 2.88. The number of carbonyl (C=O) groups is 1. The largest absolute Gasteiger partial charge is 0.477 e. The highest BCUT2D eigenvalue weighted by atomic mass is 32.1. The molecule has 2 aromatic heterocycles. The van der Waals surface area contributed by atoms with Crippen LogP contribution in [-0.4, -0.2) is 26.4 Å². The quantitative estimate of drug-likeness (QED) is 0.884. The van der Waals surface area contributed by atoms with Gasteiger partial charge in [-0.25, -0.2) is 9.59 Å². The standard InChI is InChI=1S/C14H15F3N2O4S/c1-3-7-8-10(20)18(4-2)13(23)19(6-5-14(15,16)17)11(8)24-9(7)12(21)22/h3-6H2,1-2H3,(H,21,22). The Morgan fingerprint density at radius 3 is 2.29 bits per heavy atom. The molecule has 0 bridgehead atoms. The minimum Gasteiger partial charge on any atom is -0.477 e. The highest BCUT2D eigenvalue weighted by Crippen LogP contribution is 2.30. The molecule has 0 atom stereocenters. The minimum atomic E-state index is -4.47. The number of aromatic carboxylic acids is 1. The van der Waals surface area contributed by atoms with Crippen molar-refractivity contribution >= 4 is 27.5 Å². The SMILES string of the molecule is CCc1c(C(=O)O)sc2c1c(=O)n(CC)c(=O)n2CCC(F)(F)F. The van der Waals surface area contributed by atoms with Crippen LogP contribution in [0.5, 0.6) is 0 Å². The molecule has 2 aromatic rings. The topological polar surface area (TPSA) is 81.3 Å². The van der Waals surface area contributed by atoms with E-state index in [1.165, 1.54) is 6.92 Å². The molecule has 0 aliphatic heterocycles. The lowest BCUT2D eigenvalue weighted by atomic mass is 10.1. The van der Waals surface area contributed by atoms with Crippen molar-refractivity contribution in [3.63, 3.8) is 0 Å². The van der Waals surface area contributed by atoms with E-state index in [1.54, 1.807) is 6.92 Å². The van der Waals surface area contributed by atoms with Gasteiger partial charge in [0.25, 0.3) is 5.56 Å². The molecule has 24 heavy (non-hydrogen) atoms. The van der Waals surface area contributed by atoms with Gasteiger partial charge in [0.1, 0.15) is 9.71 Å². The zero-order chi connectivity index (χ0) is 18.2. The monoisotopic (exact) mass is 364 g/mol. The van der Waals surface area contributed by atoms with Crippen LogP contribution in [0, 0.1) is 0 Å². The van der Waals surface area contributed by atoms with Crippen LogP contribution in [0.4, 0.5) is 13.2 Å². The number of nitrogens with zero attached hydrogens (tertiary/aromatic N) is 2. The zero-order valence-electron chi connectivity index (χ0n) is 12.9. The molecule has 0 aliphatic rings. The molecule has 0 saturated heterocycles. The van der Waals surface area contributed by atoms with E-state index in [1.807, 2.05) is 0 Å². The number of carboxylic acids is 1. The molecule has 0 spiro atoms. The van der Waals surface area contributed by atoms with Gasteiger partial charge in [-0.05, 0) is 18.9 Å². The Morgan fingerprint density at radius 1 is 1.21 bits per heavy atom. The zero-order valence-corrected chi connectivity index (χ0v) is 13.8. The van der Waals surface area contributed by atoms with Gasteiger partial charge in [0.05, 0.1) is 11.8 Å². The van der Waals surface area contributed by atoms with Crippen molar-refractivity contribution in [2.75, 3.05) is 0 Å². The third-order valence-corrected chi connectivity index (χ3v) is 4.88. The first-order valence-electron chi connectivity index (χ1n) is 7.21. The minimum absolute atomic E-state index is 0.0129. The van der Waals surface area contributed by atoms with Crippen LogP contribution in [-0.2, 0) is 19.5 Å². The Bertz CT molecular complexity index is 908. The van der Waals surface area contributed by atoms with Crippen LogP contribution in [0.2, 0.25) is 0 Å². The Labute approximate surface area is 137 Å². The fraction of sp³-hybridized carbons (Fsp3) is 0.500. The summed E-state index contributed by atoms with van der Waals surface area (Å²) in [6, 6.07) is 0. The Kier molecular flexibility index (Phi) is 4.88. The molecule has 6 nitrogen and oxygen atoms in total. The molecule has 0 aromatic carbocycles. The maximum Gasteiger partial charge on any atom is 0.390 e. The second kappa shape index (κ2) is 6.42. The van der Waals surface area contributed by atoms with Gasteiger partial charge in [0.2, 0.25) is 0 Å². The first-order valence-corrected chi connectivity index (χ1v) is 8.03. The number of hydrogen-bond acceptors (Lipinski definition) is 4. The van der Waals surface area contributed by atoms with Gasteiger partial charge in [-0.15, -0.1) is 11.3 Å². The number of thiophene rings is 1. The number of halogens is 3. The molecular weight excluding hydrogens is 349 g/mol. The summed E-state index contributed by atoms with van der Waals surface area (Å²) in [5.74, 6) is -1.27. The van der Waals surface area contributed by atoms with Crippen molar-refractivity contribution < 1.29 is 23.1 Å². The van der Waals surface area contributed by atoms with E-state index in [9.17, 15) is 32.7 Å². The lowest BCUT2D eigenvalue weighted by molar-refractivity contribution is -0.136. The maximum absolute atomic E-state index is 12.5. The summed E-state index contributed by atoms with van der Waals surface area (Å²) in [5, 5.41) is 9.29. The van der Waals surface area contributed by atoms with Crippen LogP contribution < -0.4 is 11.2 Å². The van der Waals surface area contributed by atoms with Crippen LogP contribution in [0.25, 0.3) is 10.2 Å². The van der Waals surface area contributed by atoms with E-state index in [4.69, 9.17) is 0 Å². The number of rotatable bonds is 5. The van der Waals surface area contributed by atoms with Gasteiger partial charge in [-0.2, -0.15) is 13.2 Å². The summed E-state index contributed by atoms with van der Waals surface area (Å²) in [5.41, 5.74) is -1.28. The van der Waals surface area contributed by atoms with E-state index in [0.717, 1.165) is 9.13 Å². The Morgan fingerprint density at radius 2 is 1.83 bits per heavy atom. The van der Waals surface area contributed by atoms with Crippen molar-refractivity contribution in [2.45, 2.75) is 46.0 Å². The van der Waals surface area contributed by atoms with Crippen molar-refractivity contribution in [3.05, 3.63) is 31.3 Å². The normalized spacial score (nSPS) is 12.0. The van der Waals surface area contributed by atoms with Gasteiger partial charge < -0.3 is 5.11 Å². The summed E-state index contributed by atoms with van der Waals surface area (Å²) >= 11 is 0.664. The predicted octanol–water partition coefficient (Wildman–Crippen LogP) is 2.46. The average molecular weight is 364 g/mol. The lowest BCUT2D eigenvalue weighted by Crippen LogP contribution is -2.40. The van der Waals surface area contributed by atoms with Crippen LogP contribution >= 0.6 is 11.3 Å². The number of aryl methyl sites for hydroxylation is 2. The molecular formula is C14H15F3N2O4S. The van der Waals surface area contributed by atoms with E-state index in [2.05, 4.69) is 0 Å². The van der Waals surface area contributed by atoms with Crippen LogP contribution in [0.1, 0.15) is 35.5 Å². The van der Waals surface area contributed by atoms with Crippen LogP contribution in [0.3, 0.4) is 0 Å². The highest BCUT2D eigenvalue weighted by molar-refractivity contribution is 7.20. The molecule has 0 fully saturated rings. The molecule has 10 heteroatoms. The number of carboxylic acid groups (broad SMARTS) is 1. The van der Waals surface area contributed by atoms with E-state index in [0.29, 0.717) is 11.3 Å². The summed E-state index contributed by atoms with van der Waals surface area (Å²) in [7, 11) is 0. The van der Waals surface area contributed by atoms with Gasteiger partial charge in [0, 0.05) is 13.1 Å².